The number of rotatable bonds is 5. The van der Waals surface area contributed by atoms with Gasteiger partial charge in [0.1, 0.15) is 11.6 Å². The number of carbonyl (C=O) groups is 2. The smallest absolute Gasteiger partial charge is 0.231 e. The Labute approximate surface area is 229 Å². The molecule has 2 aliphatic heterocycles. The van der Waals surface area contributed by atoms with Crippen LogP contribution in [0.4, 0.5) is 8.78 Å². The van der Waals surface area contributed by atoms with Crippen LogP contribution in [0, 0.1) is 22.5 Å². The Balaban J connectivity index is 1.59. The number of hydrogen-bond acceptors (Lipinski definition) is 3. The van der Waals surface area contributed by atoms with Crippen LogP contribution >= 0.6 is 11.6 Å². The zero-order valence-corrected chi connectivity index (χ0v) is 23.6. The minimum atomic E-state index is -0.871. The summed E-state index contributed by atoms with van der Waals surface area (Å²) in [5.41, 5.74) is 1.18. The molecule has 2 aromatic rings. The third-order valence-corrected chi connectivity index (χ3v) is 8.80. The summed E-state index contributed by atoms with van der Waals surface area (Å²) in [4.78, 5) is 28.0. The van der Waals surface area contributed by atoms with Crippen molar-refractivity contribution in [1.82, 2.24) is 15.5 Å². The molecule has 2 heterocycles. The molecule has 206 valence electrons. The van der Waals surface area contributed by atoms with Gasteiger partial charge in [-0.3, -0.25) is 9.59 Å². The maximum absolute atomic E-state index is 15.0. The lowest BCUT2D eigenvalue weighted by atomic mass is 9.58. The van der Waals surface area contributed by atoms with E-state index in [1.54, 1.807) is 0 Å². The van der Waals surface area contributed by atoms with Crippen molar-refractivity contribution < 1.29 is 18.4 Å². The van der Waals surface area contributed by atoms with Crippen molar-refractivity contribution in [1.29, 1.82) is 0 Å². The molecule has 0 aliphatic carbocycles. The summed E-state index contributed by atoms with van der Waals surface area (Å²) in [6.45, 7) is 11.6. The Bertz CT molecular complexity index is 1210. The topological polar surface area (TPSA) is 61.4 Å². The summed E-state index contributed by atoms with van der Waals surface area (Å²) in [6, 6.07) is 9.30. The number of nitrogens with zero attached hydrogens (tertiary/aromatic N) is 1. The number of nitrogens with one attached hydrogen (secondary N) is 2. The van der Waals surface area contributed by atoms with Gasteiger partial charge in [0.2, 0.25) is 11.8 Å². The Hall–Kier alpha value is -2.51. The summed E-state index contributed by atoms with van der Waals surface area (Å²) >= 11 is 6.30. The monoisotopic (exact) mass is 545 g/mol. The Morgan fingerprint density at radius 3 is 2.37 bits per heavy atom. The van der Waals surface area contributed by atoms with Gasteiger partial charge in [-0.15, -0.1) is 0 Å². The number of likely N-dealkylation sites (tertiary alicyclic amines) is 1. The van der Waals surface area contributed by atoms with Crippen LogP contribution in [-0.4, -0.2) is 42.9 Å². The first-order chi connectivity index (χ1) is 17.8. The van der Waals surface area contributed by atoms with E-state index >= 15 is 0 Å². The summed E-state index contributed by atoms with van der Waals surface area (Å²) in [5, 5.41) is 6.93. The van der Waals surface area contributed by atoms with Crippen LogP contribution in [0.5, 0.6) is 0 Å². The quantitative estimate of drug-likeness (QED) is 0.489. The Morgan fingerprint density at radius 2 is 1.76 bits per heavy atom. The third kappa shape index (κ3) is 5.32. The highest BCUT2D eigenvalue weighted by Gasteiger charge is 2.58. The van der Waals surface area contributed by atoms with Gasteiger partial charge < -0.3 is 15.5 Å². The molecule has 0 bridgehead atoms. The van der Waals surface area contributed by atoms with Crippen molar-refractivity contribution in [3.63, 3.8) is 0 Å². The second kappa shape index (κ2) is 10.9. The van der Waals surface area contributed by atoms with Gasteiger partial charge in [-0.25, -0.2) is 8.78 Å². The van der Waals surface area contributed by atoms with Gasteiger partial charge in [0.25, 0.3) is 0 Å². The second-order valence-corrected chi connectivity index (χ2v) is 12.3. The summed E-state index contributed by atoms with van der Waals surface area (Å²) in [5.74, 6) is -1.50. The van der Waals surface area contributed by atoms with E-state index in [-0.39, 0.29) is 23.8 Å². The molecule has 0 unspecified atom stereocenters. The van der Waals surface area contributed by atoms with Crippen LogP contribution in [0.15, 0.2) is 36.4 Å². The molecule has 4 rings (SSSR count). The van der Waals surface area contributed by atoms with Crippen LogP contribution in [0.3, 0.4) is 0 Å². The fraction of sp³-hybridized carbons (Fsp3) is 0.533. The Kier molecular flexibility index (Phi) is 8.20. The van der Waals surface area contributed by atoms with Gasteiger partial charge in [0.05, 0.1) is 11.5 Å². The van der Waals surface area contributed by atoms with Crippen molar-refractivity contribution in [3.05, 3.63) is 69.7 Å². The predicted molar refractivity (Wildman–Crippen MR) is 146 cm³/mol. The average Bonchev–Trinajstić information content (AvgIpc) is 3.29. The van der Waals surface area contributed by atoms with E-state index in [4.69, 9.17) is 11.6 Å². The van der Waals surface area contributed by atoms with E-state index in [0.29, 0.717) is 36.8 Å². The molecule has 2 aromatic carbocycles. The van der Waals surface area contributed by atoms with E-state index < -0.39 is 28.4 Å². The maximum atomic E-state index is 15.0. The first-order valence-electron chi connectivity index (χ1n) is 13.4. The molecule has 2 aliphatic rings. The number of piperidine rings is 1. The van der Waals surface area contributed by atoms with Crippen molar-refractivity contribution in [2.24, 2.45) is 10.8 Å². The van der Waals surface area contributed by atoms with E-state index in [1.807, 2.05) is 50.8 Å². The number of hydrogen-bond donors (Lipinski definition) is 2. The fourth-order valence-electron chi connectivity index (χ4n) is 6.55. The van der Waals surface area contributed by atoms with E-state index in [1.165, 1.54) is 19.1 Å². The lowest BCUT2D eigenvalue weighted by Crippen LogP contribution is -2.56. The molecule has 2 saturated heterocycles. The van der Waals surface area contributed by atoms with E-state index in [0.717, 1.165) is 30.0 Å². The normalized spacial score (nSPS) is 23.4. The molecule has 5 nitrogen and oxygen atoms in total. The third-order valence-electron chi connectivity index (χ3n) is 8.56. The van der Waals surface area contributed by atoms with Gasteiger partial charge in [-0.05, 0) is 66.0 Å². The zero-order valence-electron chi connectivity index (χ0n) is 22.8. The van der Waals surface area contributed by atoms with Gasteiger partial charge in [-0.1, -0.05) is 44.5 Å². The van der Waals surface area contributed by atoms with Crippen molar-refractivity contribution >= 4 is 23.4 Å². The highest BCUT2D eigenvalue weighted by molar-refractivity contribution is 6.30. The lowest BCUT2D eigenvalue weighted by molar-refractivity contribution is -0.150. The van der Waals surface area contributed by atoms with Crippen LogP contribution < -0.4 is 10.6 Å². The first-order valence-corrected chi connectivity index (χ1v) is 13.7. The molecule has 2 amide bonds. The van der Waals surface area contributed by atoms with Gasteiger partial charge in [0, 0.05) is 50.1 Å². The van der Waals surface area contributed by atoms with E-state index in [2.05, 4.69) is 10.6 Å². The molecule has 3 atom stereocenters. The molecule has 2 fully saturated rings. The molecule has 8 heteroatoms. The van der Waals surface area contributed by atoms with Crippen molar-refractivity contribution in [2.45, 2.75) is 65.3 Å². The summed E-state index contributed by atoms with van der Waals surface area (Å²) in [6.07, 6.45) is 1.55. The lowest BCUT2D eigenvalue weighted by Gasteiger charge is -2.48. The van der Waals surface area contributed by atoms with Crippen LogP contribution in [0.25, 0.3) is 0 Å². The van der Waals surface area contributed by atoms with Gasteiger partial charge >= 0.3 is 0 Å². The SMILES string of the molecule is CC(=O)N[C@H](C)c1cc(Cl)ccc1C1CCN(C(=O)[C@@]2(C(C)(C)C)CNC[C@H]2c2ccc(F)cc2F)CC1. The number of benzene rings is 2. The molecule has 0 spiro atoms. The molecular weight excluding hydrogens is 508 g/mol. The first kappa shape index (κ1) is 28.5. The standard InChI is InChI=1S/C30H38ClF2N3O2/c1-18(35-19(2)37)25-14-21(31)6-8-23(25)20-10-12-36(13-11-20)28(38)30(29(3,4)5)17-34-16-26(30)24-9-7-22(32)15-27(24)33/h6-9,14-15,18,20,26,34H,10-13,16-17H2,1-5H3,(H,35,37)/t18-,26+,30-/m1/s1. The number of carbonyl (C=O) groups excluding carboxylic acids is 2. The van der Waals surface area contributed by atoms with Crippen LogP contribution in [-0.2, 0) is 9.59 Å². The molecular formula is C30H38ClF2N3O2. The van der Waals surface area contributed by atoms with E-state index in [9.17, 15) is 18.4 Å². The minimum Gasteiger partial charge on any atom is -0.350 e. The molecule has 2 N–H and O–H groups in total. The maximum Gasteiger partial charge on any atom is 0.231 e. The minimum absolute atomic E-state index is 0.0186. The average molecular weight is 546 g/mol. The highest BCUT2D eigenvalue weighted by Crippen LogP contribution is 2.53. The van der Waals surface area contributed by atoms with Crippen LogP contribution in [0.2, 0.25) is 5.02 Å². The predicted octanol–water partition coefficient (Wildman–Crippen LogP) is 5.94. The molecule has 0 saturated carbocycles. The number of halogens is 3. The largest absolute Gasteiger partial charge is 0.350 e. The second-order valence-electron chi connectivity index (χ2n) is 11.8. The zero-order chi connectivity index (χ0) is 27.8. The molecule has 0 radical (unpaired) electrons. The summed E-state index contributed by atoms with van der Waals surface area (Å²) in [7, 11) is 0. The molecule has 0 aromatic heterocycles. The summed E-state index contributed by atoms with van der Waals surface area (Å²) < 4.78 is 28.7. The fourth-order valence-corrected chi connectivity index (χ4v) is 6.74. The van der Waals surface area contributed by atoms with Crippen molar-refractivity contribution in [2.75, 3.05) is 26.2 Å². The van der Waals surface area contributed by atoms with Crippen LogP contribution in [0.1, 0.15) is 82.0 Å². The number of amides is 2. The van der Waals surface area contributed by atoms with Gasteiger partial charge in [-0.2, -0.15) is 0 Å². The van der Waals surface area contributed by atoms with Crippen molar-refractivity contribution in [3.8, 4) is 0 Å². The van der Waals surface area contributed by atoms with Gasteiger partial charge in [0.15, 0.2) is 0 Å². The molecule has 38 heavy (non-hydrogen) atoms. The highest BCUT2D eigenvalue weighted by atomic mass is 35.5. The Morgan fingerprint density at radius 1 is 1.11 bits per heavy atom.